The number of benzene rings is 2. The maximum atomic E-state index is 8.49. The number of azide groups is 1. The average molecular weight is 319 g/mol. The number of H-pyrrole nitrogens is 1. The van der Waals surface area contributed by atoms with Crippen LogP contribution < -0.4 is 4.74 Å². The first-order chi connectivity index (χ1) is 11.8. The maximum absolute atomic E-state index is 8.49. The third-order valence-corrected chi connectivity index (χ3v) is 3.72. The van der Waals surface area contributed by atoms with Gasteiger partial charge in [-0.15, -0.1) is 0 Å². The summed E-state index contributed by atoms with van der Waals surface area (Å²) in [4.78, 5) is 10.9. The Morgan fingerprint density at radius 3 is 2.50 bits per heavy atom. The minimum Gasteiger partial charge on any atom is -0.497 e. The van der Waals surface area contributed by atoms with Gasteiger partial charge in [0.05, 0.1) is 18.5 Å². The summed E-state index contributed by atoms with van der Waals surface area (Å²) in [6.07, 6.45) is 0.578. The molecule has 0 unspecified atom stereocenters. The van der Waals surface area contributed by atoms with Crippen LogP contribution in [0.15, 0.2) is 59.7 Å². The van der Waals surface area contributed by atoms with Crippen molar-refractivity contribution in [1.29, 1.82) is 0 Å². The molecular formula is C18H17N5O. The van der Waals surface area contributed by atoms with Crippen molar-refractivity contribution < 1.29 is 4.74 Å². The molecule has 0 fully saturated rings. The first-order valence-electron chi connectivity index (χ1n) is 7.61. The number of aromatic nitrogens is 2. The molecule has 24 heavy (non-hydrogen) atoms. The molecule has 0 aliphatic carbocycles. The summed E-state index contributed by atoms with van der Waals surface area (Å²) in [5.74, 6) is 1.61. The lowest BCUT2D eigenvalue weighted by Crippen LogP contribution is -1.92. The molecule has 1 N–H and O–H groups in total. The van der Waals surface area contributed by atoms with Crippen LogP contribution in [0.5, 0.6) is 5.75 Å². The Bertz CT molecular complexity index is 849. The smallest absolute Gasteiger partial charge is 0.138 e. The lowest BCUT2D eigenvalue weighted by Gasteiger charge is -2.03. The van der Waals surface area contributed by atoms with Gasteiger partial charge in [-0.25, -0.2) is 4.98 Å². The number of imidazole rings is 1. The fraction of sp³-hybridized carbons (Fsp3) is 0.167. The summed E-state index contributed by atoms with van der Waals surface area (Å²) in [6.45, 7) is 0.374. The number of aromatic amines is 1. The highest BCUT2D eigenvalue weighted by Crippen LogP contribution is 2.28. The van der Waals surface area contributed by atoms with E-state index in [4.69, 9.17) is 15.3 Å². The van der Waals surface area contributed by atoms with Crippen molar-refractivity contribution in [2.75, 3.05) is 13.7 Å². The van der Waals surface area contributed by atoms with Crippen LogP contribution >= 0.6 is 0 Å². The van der Waals surface area contributed by atoms with Crippen LogP contribution in [0, 0.1) is 0 Å². The molecule has 1 heterocycles. The molecule has 0 atom stereocenters. The van der Waals surface area contributed by atoms with Crippen molar-refractivity contribution in [3.63, 3.8) is 0 Å². The minimum atomic E-state index is 0.374. The van der Waals surface area contributed by atoms with Gasteiger partial charge in [0, 0.05) is 22.6 Å². The molecule has 3 aromatic rings. The van der Waals surface area contributed by atoms with Crippen LogP contribution in [-0.4, -0.2) is 23.6 Å². The van der Waals surface area contributed by atoms with Crippen LogP contribution in [0.2, 0.25) is 0 Å². The van der Waals surface area contributed by atoms with Crippen LogP contribution in [0.1, 0.15) is 5.69 Å². The van der Waals surface area contributed by atoms with Crippen molar-refractivity contribution in [3.8, 4) is 28.4 Å². The Morgan fingerprint density at radius 1 is 1.08 bits per heavy atom. The van der Waals surface area contributed by atoms with E-state index in [2.05, 4.69) is 15.0 Å². The van der Waals surface area contributed by atoms with Gasteiger partial charge in [-0.05, 0) is 36.2 Å². The quantitative estimate of drug-likeness (QED) is 0.409. The van der Waals surface area contributed by atoms with Gasteiger partial charge < -0.3 is 9.72 Å². The Kier molecular flexibility index (Phi) is 4.79. The molecule has 2 aromatic carbocycles. The third kappa shape index (κ3) is 3.39. The summed E-state index contributed by atoms with van der Waals surface area (Å²) in [5.41, 5.74) is 12.3. The molecule has 3 rings (SSSR count). The van der Waals surface area contributed by atoms with Crippen molar-refractivity contribution >= 4 is 0 Å². The molecule has 0 saturated heterocycles. The van der Waals surface area contributed by atoms with Gasteiger partial charge in [-0.2, -0.15) is 0 Å². The predicted octanol–water partition coefficient (Wildman–Crippen LogP) is 4.61. The average Bonchev–Trinajstić information content (AvgIpc) is 3.07. The second-order valence-electron chi connectivity index (χ2n) is 5.21. The van der Waals surface area contributed by atoms with E-state index >= 15 is 0 Å². The largest absolute Gasteiger partial charge is 0.497 e. The van der Waals surface area contributed by atoms with Crippen molar-refractivity contribution in [1.82, 2.24) is 9.97 Å². The number of methoxy groups -OCH3 is 1. The molecule has 120 valence electrons. The van der Waals surface area contributed by atoms with E-state index in [1.165, 1.54) is 0 Å². The SMILES string of the molecule is COc1ccc(-c2[nH]c(-c3ccccc3)nc2CCN=[N+]=[N-])cc1. The number of hydrogen-bond donors (Lipinski definition) is 1. The lowest BCUT2D eigenvalue weighted by atomic mass is 10.1. The van der Waals surface area contributed by atoms with Crippen LogP contribution in [-0.2, 0) is 6.42 Å². The number of ether oxygens (including phenoxy) is 1. The molecule has 6 nitrogen and oxygen atoms in total. The zero-order chi connectivity index (χ0) is 16.8. The van der Waals surface area contributed by atoms with Crippen molar-refractivity contribution in [3.05, 3.63) is 70.7 Å². The first-order valence-corrected chi connectivity index (χ1v) is 7.61. The number of hydrogen-bond acceptors (Lipinski definition) is 3. The number of rotatable bonds is 6. The van der Waals surface area contributed by atoms with Gasteiger partial charge in [0.15, 0.2) is 0 Å². The normalized spacial score (nSPS) is 10.2. The lowest BCUT2D eigenvalue weighted by molar-refractivity contribution is 0.415. The number of nitrogens with zero attached hydrogens (tertiary/aromatic N) is 4. The van der Waals surface area contributed by atoms with Gasteiger partial charge >= 0.3 is 0 Å². The molecular weight excluding hydrogens is 302 g/mol. The Hall–Kier alpha value is -3.24. The third-order valence-electron chi connectivity index (χ3n) is 3.72. The van der Waals surface area contributed by atoms with Crippen LogP contribution in [0.4, 0.5) is 0 Å². The summed E-state index contributed by atoms with van der Waals surface area (Å²) in [7, 11) is 1.64. The van der Waals surface area contributed by atoms with E-state index < -0.39 is 0 Å². The molecule has 0 amide bonds. The fourth-order valence-corrected chi connectivity index (χ4v) is 2.52. The van der Waals surface area contributed by atoms with E-state index in [0.717, 1.165) is 34.1 Å². The standard InChI is InChI=1S/C18H17N5O/c1-24-15-9-7-13(8-10-15)17-16(11-12-20-23-19)21-18(22-17)14-5-3-2-4-6-14/h2-10H,11-12H2,1H3,(H,21,22). The summed E-state index contributed by atoms with van der Waals surface area (Å²) < 4.78 is 5.21. The summed E-state index contributed by atoms with van der Waals surface area (Å²) in [6, 6.07) is 17.7. The predicted molar refractivity (Wildman–Crippen MR) is 93.7 cm³/mol. The van der Waals surface area contributed by atoms with E-state index in [0.29, 0.717) is 13.0 Å². The monoisotopic (exact) mass is 319 g/mol. The molecule has 6 heteroatoms. The molecule has 1 aromatic heterocycles. The molecule has 0 aliphatic heterocycles. The second kappa shape index (κ2) is 7.35. The van der Waals surface area contributed by atoms with Gasteiger partial charge in [-0.1, -0.05) is 35.4 Å². The highest BCUT2D eigenvalue weighted by molar-refractivity contribution is 5.68. The summed E-state index contributed by atoms with van der Waals surface area (Å²) >= 11 is 0. The first kappa shape index (κ1) is 15.6. The molecule has 0 radical (unpaired) electrons. The van der Waals surface area contributed by atoms with E-state index in [1.807, 2.05) is 54.6 Å². The highest BCUT2D eigenvalue weighted by Gasteiger charge is 2.13. The van der Waals surface area contributed by atoms with Gasteiger partial charge in [0.25, 0.3) is 0 Å². The van der Waals surface area contributed by atoms with E-state index in [9.17, 15) is 0 Å². The topological polar surface area (TPSA) is 86.7 Å². The van der Waals surface area contributed by atoms with Crippen molar-refractivity contribution in [2.45, 2.75) is 6.42 Å². The van der Waals surface area contributed by atoms with E-state index in [-0.39, 0.29) is 0 Å². The molecule has 0 saturated carbocycles. The summed E-state index contributed by atoms with van der Waals surface area (Å²) in [5, 5.41) is 3.62. The Labute approximate surface area is 139 Å². The van der Waals surface area contributed by atoms with Crippen molar-refractivity contribution in [2.24, 2.45) is 5.11 Å². The van der Waals surface area contributed by atoms with Gasteiger partial charge in [0.1, 0.15) is 11.6 Å². The zero-order valence-electron chi connectivity index (χ0n) is 13.3. The van der Waals surface area contributed by atoms with Gasteiger partial charge in [0.2, 0.25) is 0 Å². The highest BCUT2D eigenvalue weighted by atomic mass is 16.5. The molecule has 0 bridgehead atoms. The Balaban J connectivity index is 2.01. The van der Waals surface area contributed by atoms with Gasteiger partial charge in [-0.3, -0.25) is 0 Å². The van der Waals surface area contributed by atoms with Crippen LogP contribution in [0.25, 0.3) is 33.1 Å². The van der Waals surface area contributed by atoms with E-state index in [1.54, 1.807) is 7.11 Å². The number of nitrogens with one attached hydrogen (secondary N) is 1. The fourth-order valence-electron chi connectivity index (χ4n) is 2.52. The Morgan fingerprint density at radius 2 is 1.83 bits per heavy atom. The van der Waals surface area contributed by atoms with Crippen LogP contribution in [0.3, 0.4) is 0 Å². The second-order valence-corrected chi connectivity index (χ2v) is 5.21. The maximum Gasteiger partial charge on any atom is 0.138 e. The molecule has 0 spiro atoms. The minimum absolute atomic E-state index is 0.374. The zero-order valence-corrected chi connectivity index (χ0v) is 13.3. The molecule has 0 aliphatic rings.